The van der Waals surface area contributed by atoms with E-state index in [1.54, 1.807) is 11.3 Å². The summed E-state index contributed by atoms with van der Waals surface area (Å²) in [6, 6.07) is 11.5. The molecule has 0 aliphatic rings. The fourth-order valence-corrected chi connectivity index (χ4v) is 2.71. The highest BCUT2D eigenvalue weighted by Gasteiger charge is 2.11. The number of para-hydroxylation sites is 1. The second kappa shape index (κ2) is 5.15. The molecule has 2 aromatic rings. The fraction of sp³-hybridized carbons (Fsp3) is 0.214. The molecule has 0 atom stereocenters. The van der Waals surface area contributed by atoms with E-state index in [0.29, 0.717) is 0 Å². The lowest BCUT2D eigenvalue weighted by molar-refractivity contribution is 0.103. The van der Waals surface area contributed by atoms with Gasteiger partial charge in [-0.2, -0.15) is 0 Å². The first-order valence-electron chi connectivity index (χ1n) is 5.66. The van der Waals surface area contributed by atoms with E-state index < -0.39 is 0 Å². The third-order valence-electron chi connectivity index (χ3n) is 2.60. The van der Waals surface area contributed by atoms with Gasteiger partial charge in [0, 0.05) is 10.6 Å². The topological polar surface area (TPSA) is 29.1 Å². The van der Waals surface area contributed by atoms with E-state index in [1.807, 2.05) is 36.4 Å². The van der Waals surface area contributed by atoms with Gasteiger partial charge in [0.15, 0.2) is 0 Å². The Hall–Kier alpha value is -1.61. The van der Waals surface area contributed by atoms with Gasteiger partial charge >= 0.3 is 0 Å². The summed E-state index contributed by atoms with van der Waals surface area (Å²) in [5.41, 5.74) is 2.04. The Bertz CT molecular complexity index is 516. The van der Waals surface area contributed by atoms with Crippen molar-refractivity contribution in [2.24, 2.45) is 0 Å². The van der Waals surface area contributed by atoms with Gasteiger partial charge in [-0.3, -0.25) is 4.79 Å². The van der Waals surface area contributed by atoms with Gasteiger partial charge in [0.1, 0.15) is 0 Å². The molecule has 0 bridgehead atoms. The number of benzene rings is 1. The molecule has 88 valence electrons. The molecular weight excluding hydrogens is 230 g/mol. The van der Waals surface area contributed by atoms with Crippen molar-refractivity contribution in [2.75, 3.05) is 5.32 Å². The summed E-state index contributed by atoms with van der Waals surface area (Å²) in [4.78, 5) is 14.1. The van der Waals surface area contributed by atoms with E-state index >= 15 is 0 Å². The molecule has 1 N–H and O–H groups in total. The average molecular weight is 245 g/mol. The van der Waals surface area contributed by atoms with Crippen LogP contribution >= 0.6 is 11.3 Å². The van der Waals surface area contributed by atoms with Crippen LogP contribution in [0.25, 0.3) is 0 Å². The maximum atomic E-state index is 12.0. The van der Waals surface area contributed by atoms with E-state index in [4.69, 9.17) is 0 Å². The van der Waals surface area contributed by atoms with Crippen LogP contribution in [-0.2, 0) is 6.42 Å². The van der Waals surface area contributed by atoms with Crippen molar-refractivity contribution >= 4 is 22.9 Å². The zero-order chi connectivity index (χ0) is 12.3. The van der Waals surface area contributed by atoms with Crippen LogP contribution in [0.15, 0.2) is 36.4 Å². The molecule has 0 saturated carbocycles. The second-order valence-corrected chi connectivity index (χ2v) is 5.03. The molecule has 2 rings (SSSR count). The molecule has 1 heterocycles. The van der Waals surface area contributed by atoms with Crippen molar-refractivity contribution < 1.29 is 4.79 Å². The minimum Gasteiger partial charge on any atom is -0.321 e. The van der Waals surface area contributed by atoms with E-state index in [-0.39, 0.29) is 5.91 Å². The van der Waals surface area contributed by atoms with Gasteiger partial charge in [0.05, 0.1) is 4.88 Å². The molecule has 3 heteroatoms. The Morgan fingerprint density at radius 3 is 2.59 bits per heavy atom. The molecule has 1 aromatic heterocycles. The maximum Gasteiger partial charge on any atom is 0.265 e. The van der Waals surface area contributed by atoms with Crippen molar-refractivity contribution in [2.45, 2.75) is 20.3 Å². The number of carbonyl (C=O) groups is 1. The first kappa shape index (κ1) is 11.9. The SMILES string of the molecule is CCc1sc(C(=O)Nc2ccccc2)cc1C. The minimum absolute atomic E-state index is 0.0241. The molecule has 0 aliphatic carbocycles. The summed E-state index contributed by atoms with van der Waals surface area (Å²) in [5.74, 6) is -0.0241. The Morgan fingerprint density at radius 2 is 2.00 bits per heavy atom. The van der Waals surface area contributed by atoms with Crippen LogP contribution in [0.2, 0.25) is 0 Å². The molecule has 1 amide bonds. The Labute approximate surface area is 105 Å². The van der Waals surface area contributed by atoms with E-state index in [1.165, 1.54) is 10.4 Å². The van der Waals surface area contributed by atoms with Crippen LogP contribution in [0, 0.1) is 6.92 Å². The monoisotopic (exact) mass is 245 g/mol. The van der Waals surface area contributed by atoms with Crippen LogP contribution in [-0.4, -0.2) is 5.91 Å². The molecule has 0 fully saturated rings. The zero-order valence-corrected chi connectivity index (χ0v) is 10.8. The van der Waals surface area contributed by atoms with Gasteiger partial charge in [-0.05, 0) is 37.1 Å². The number of rotatable bonds is 3. The molecular formula is C14H15NOS. The highest BCUT2D eigenvalue weighted by molar-refractivity contribution is 7.14. The zero-order valence-electron chi connectivity index (χ0n) is 9.99. The lowest BCUT2D eigenvalue weighted by Crippen LogP contribution is -2.09. The van der Waals surface area contributed by atoms with E-state index in [2.05, 4.69) is 19.2 Å². The highest BCUT2D eigenvalue weighted by Crippen LogP contribution is 2.23. The number of hydrogen-bond donors (Lipinski definition) is 1. The molecule has 0 unspecified atom stereocenters. The summed E-state index contributed by atoms with van der Waals surface area (Å²) in [7, 11) is 0. The predicted octanol–water partition coefficient (Wildman–Crippen LogP) is 3.87. The molecule has 2 nitrogen and oxygen atoms in total. The first-order valence-corrected chi connectivity index (χ1v) is 6.48. The Morgan fingerprint density at radius 1 is 1.29 bits per heavy atom. The lowest BCUT2D eigenvalue weighted by Gasteiger charge is -2.02. The van der Waals surface area contributed by atoms with E-state index in [0.717, 1.165) is 17.0 Å². The van der Waals surface area contributed by atoms with Crippen LogP contribution in [0.1, 0.15) is 27.0 Å². The second-order valence-electron chi connectivity index (χ2n) is 3.89. The number of amides is 1. The van der Waals surface area contributed by atoms with Crippen molar-refractivity contribution in [3.05, 3.63) is 51.7 Å². The van der Waals surface area contributed by atoms with Gasteiger partial charge in [-0.1, -0.05) is 25.1 Å². The Kier molecular flexibility index (Phi) is 3.59. The summed E-state index contributed by atoms with van der Waals surface area (Å²) < 4.78 is 0. The number of carbonyl (C=O) groups excluding carboxylic acids is 1. The average Bonchev–Trinajstić information content (AvgIpc) is 2.72. The summed E-state index contributed by atoms with van der Waals surface area (Å²) in [5, 5.41) is 2.89. The van der Waals surface area contributed by atoms with Gasteiger partial charge in [-0.15, -0.1) is 11.3 Å². The molecule has 1 aromatic carbocycles. The predicted molar refractivity (Wildman–Crippen MR) is 72.8 cm³/mol. The van der Waals surface area contributed by atoms with Crippen molar-refractivity contribution in [1.29, 1.82) is 0 Å². The fourth-order valence-electron chi connectivity index (χ4n) is 1.70. The molecule has 0 aliphatic heterocycles. The van der Waals surface area contributed by atoms with Gasteiger partial charge < -0.3 is 5.32 Å². The number of anilines is 1. The summed E-state index contributed by atoms with van der Waals surface area (Å²) >= 11 is 1.57. The quantitative estimate of drug-likeness (QED) is 0.873. The van der Waals surface area contributed by atoms with Crippen molar-refractivity contribution in [3.8, 4) is 0 Å². The molecule has 0 saturated heterocycles. The third kappa shape index (κ3) is 2.74. The van der Waals surface area contributed by atoms with Crippen LogP contribution < -0.4 is 5.32 Å². The molecule has 0 radical (unpaired) electrons. The minimum atomic E-state index is -0.0241. The standard InChI is InChI=1S/C14H15NOS/c1-3-12-10(2)9-13(17-12)14(16)15-11-7-5-4-6-8-11/h4-9H,3H2,1-2H3,(H,15,16). The van der Waals surface area contributed by atoms with Crippen LogP contribution in [0.3, 0.4) is 0 Å². The van der Waals surface area contributed by atoms with Crippen LogP contribution in [0.5, 0.6) is 0 Å². The number of aryl methyl sites for hydroxylation is 2. The van der Waals surface area contributed by atoms with Crippen molar-refractivity contribution in [3.63, 3.8) is 0 Å². The maximum absolute atomic E-state index is 12.0. The van der Waals surface area contributed by atoms with E-state index in [9.17, 15) is 4.79 Å². The van der Waals surface area contributed by atoms with Gasteiger partial charge in [0.25, 0.3) is 5.91 Å². The number of hydrogen-bond acceptors (Lipinski definition) is 2. The van der Waals surface area contributed by atoms with Gasteiger partial charge in [0.2, 0.25) is 0 Å². The smallest absolute Gasteiger partial charge is 0.265 e. The first-order chi connectivity index (χ1) is 8.20. The largest absolute Gasteiger partial charge is 0.321 e. The number of nitrogens with one attached hydrogen (secondary N) is 1. The Balaban J connectivity index is 2.15. The molecule has 17 heavy (non-hydrogen) atoms. The van der Waals surface area contributed by atoms with Gasteiger partial charge in [-0.25, -0.2) is 0 Å². The summed E-state index contributed by atoms with van der Waals surface area (Å²) in [6.45, 7) is 4.16. The number of thiophene rings is 1. The van der Waals surface area contributed by atoms with Crippen LogP contribution in [0.4, 0.5) is 5.69 Å². The third-order valence-corrected chi connectivity index (χ3v) is 3.98. The van der Waals surface area contributed by atoms with Crippen molar-refractivity contribution in [1.82, 2.24) is 0 Å². The normalized spacial score (nSPS) is 10.2. The molecule has 0 spiro atoms. The summed E-state index contributed by atoms with van der Waals surface area (Å²) in [6.07, 6.45) is 0.981. The lowest BCUT2D eigenvalue weighted by atomic mass is 10.2. The highest BCUT2D eigenvalue weighted by atomic mass is 32.1.